The number of amides is 1. The lowest BCUT2D eigenvalue weighted by Crippen LogP contribution is -2.19. The number of carbonyl (C=O) groups excluding carboxylic acids is 1. The highest BCUT2D eigenvalue weighted by Crippen LogP contribution is 2.23. The lowest BCUT2D eigenvalue weighted by molar-refractivity contribution is -0.274. The molecular formula is C12H15F3N2O2. The highest BCUT2D eigenvalue weighted by Gasteiger charge is 2.31. The SMILES string of the molecule is NC(=O)CCCNCc1cccc(OC(F)(F)F)c1. The van der Waals surface area contributed by atoms with Gasteiger partial charge in [0.15, 0.2) is 0 Å². The van der Waals surface area contributed by atoms with Crippen LogP contribution in [0.5, 0.6) is 5.75 Å². The fourth-order valence-corrected chi connectivity index (χ4v) is 1.47. The first-order valence-electron chi connectivity index (χ1n) is 5.70. The van der Waals surface area contributed by atoms with Crippen LogP contribution in [0.3, 0.4) is 0 Å². The molecule has 0 fully saturated rings. The summed E-state index contributed by atoms with van der Waals surface area (Å²) in [7, 11) is 0. The van der Waals surface area contributed by atoms with Crippen LogP contribution in [0.15, 0.2) is 24.3 Å². The maximum absolute atomic E-state index is 12.0. The molecule has 4 nitrogen and oxygen atoms in total. The number of nitrogens with one attached hydrogen (secondary N) is 1. The predicted molar refractivity (Wildman–Crippen MR) is 63.3 cm³/mol. The molecular weight excluding hydrogens is 261 g/mol. The molecule has 0 unspecified atom stereocenters. The number of primary amides is 1. The lowest BCUT2D eigenvalue weighted by Gasteiger charge is -2.10. The van der Waals surface area contributed by atoms with E-state index in [2.05, 4.69) is 10.1 Å². The second kappa shape index (κ2) is 6.98. The summed E-state index contributed by atoms with van der Waals surface area (Å²) in [6.45, 7) is 0.959. The summed E-state index contributed by atoms with van der Waals surface area (Å²) in [5.41, 5.74) is 5.64. The molecule has 19 heavy (non-hydrogen) atoms. The zero-order valence-corrected chi connectivity index (χ0v) is 10.2. The third kappa shape index (κ3) is 7.30. The Balaban J connectivity index is 2.38. The molecule has 0 heterocycles. The Morgan fingerprint density at radius 1 is 1.37 bits per heavy atom. The Labute approximate surface area is 108 Å². The zero-order chi connectivity index (χ0) is 14.3. The molecule has 0 saturated carbocycles. The van der Waals surface area contributed by atoms with E-state index in [1.165, 1.54) is 18.2 Å². The number of benzene rings is 1. The maximum atomic E-state index is 12.0. The van der Waals surface area contributed by atoms with Gasteiger partial charge >= 0.3 is 6.36 Å². The van der Waals surface area contributed by atoms with E-state index in [0.717, 1.165) is 0 Å². The van der Waals surface area contributed by atoms with Gasteiger partial charge in [-0.15, -0.1) is 13.2 Å². The van der Waals surface area contributed by atoms with Crippen molar-refractivity contribution in [2.45, 2.75) is 25.7 Å². The molecule has 0 aliphatic heterocycles. The van der Waals surface area contributed by atoms with Gasteiger partial charge in [-0.3, -0.25) is 4.79 Å². The molecule has 1 aromatic carbocycles. The van der Waals surface area contributed by atoms with Crippen molar-refractivity contribution in [2.75, 3.05) is 6.54 Å². The van der Waals surface area contributed by atoms with Gasteiger partial charge in [-0.05, 0) is 30.7 Å². The summed E-state index contributed by atoms with van der Waals surface area (Å²) in [5.74, 6) is -0.619. The molecule has 1 amide bonds. The molecule has 3 N–H and O–H groups in total. The monoisotopic (exact) mass is 276 g/mol. The fraction of sp³-hybridized carbons (Fsp3) is 0.417. The Hall–Kier alpha value is -1.76. The predicted octanol–water partition coefficient (Wildman–Crippen LogP) is 1.94. The molecule has 1 rings (SSSR count). The van der Waals surface area contributed by atoms with E-state index in [9.17, 15) is 18.0 Å². The summed E-state index contributed by atoms with van der Waals surface area (Å²) < 4.78 is 39.9. The van der Waals surface area contributed by atoms with Gasteiger partial charge < -0.3 is 15.8 Å². The fourth-order valence-electron chi connectivity index (χ4n) is 1.47. The van der Waals surface area contributed by atoms with Gasteiger partial charge in [-0.25, -0.2) is 0 Å². The molecule has 0 atom stereocenters. The van der Waals surface area contributed by atoms with Crippen molar-refractivity contribution in [3.05, 3.63) is 29.8 Å². The van der Waals surface area contributed by atoms with Crippen molar-refractivity contribution < 1.29 is 22.7 Å². The number of nitrogens with two attached hydrogens (primary N) is 1. The molecule has 0 bridgehead atoms. The van der Waals surface area contributed by atoms with E-state index >= 15 is 0 Å². The summed E-state index contributed by atoms with van der Waals surface area (Å²) in [6, 6.07) is 5.73. The summed E-state index contributed by atoms with van der Waals surface area (Å²) in [5, 5.41) is 3.00. The highest BCUT2D eigenvalue weighted by atomic mass is 19.4. The van der Waals surface area contributed by atoms with Gasteiger partial charge in [0.1, 0.15) is 5.75 Å². The highest BCUT2D eigenvalue weighted by molar-refractivity contribution is 5.73. The Morgan fingerprint density at radius 3 is 2.74 bits per heavy atom. The first-order chi connectivity index (χ1) is 8.87. The lowest BCUT2D eigenvalue weighted by atomic mass is 10.2. The Bertz CT molecular complexity index is 422. The van der Waals surface area contributed by atoms with Crippen LogP contribution in [-0.4, -0.2) is 18.8 Å². The average Bonchev–Trinajstić information content (AvgIpc) is 2.26. The standard InChI is InChI=1S/C12H15F3N2O2/c13-12(14,15)19-10-4-1-3-9(7-10)8-17-6-2-5-11(16)18/h1,3-4,7,17H,2,5-6,8H2,(H2,16,18). The van der Waals surface area contributed by atoms with Crippen LogP contribution in [0.25, 0.3) is 0 Å². The van der Waals surface area contributed by atoms with Crippen molar-refractivity contribution in [3.63, 3.8) is 0 Å². The van der Waals surface area contributed by atoms with Gasteiger partial charge in [0.05, 0.1) is 0 Å². The molecule has 0 aliphatic carbocycles. The van der Waals surface area contributed by atoms with E-state index in [0.29, 0.717) is 25.1 Å². The van der Waals surface area contributed by atoms with Crippen LogP contribution < -0.4 is 15.8 Å². The zero-order valence-electron chi connectivity index (χ0n) is 10.2. The third-order valence-electron chi connectivity index (χ3n) is 2.24. The van der Waals surface area contributed by atoms with Gasteiger partial charge in [0, 0.05) is 13.0 Å². The van der Waals surface area contributed by atoms with Crippen molar-refractivity contribution >= 4 is 5.91 Å². The minimum absolute atomic E-state index is 0.246. The number of alkyl halides is 3. The maximum Gasteiger partial charge on any atom is 0.573 e. The van der Waals surface area contributed by atoms with Crippen molar-refractivity contribution in [1.82, 2.24) is 5.32 Å². The van der Waals surface area contributed by atoms with Gasteiger partial charge in [-0.2, -0.15) is 0 Å². The van der Waals surface area contributed by atoms with E-state index in [1.807, 2.05) is 0 Å². The molecule has 0 radical (unpaired) electrons. The van der Waals surface area contributed by atoms with Crippen molar-refractivity contribution in [2.24, 2.45) is 5.73 Å². The first-order valence-corrected chi connectivity index (χ1v) is 5.70. The van der Waals surface area contributed by atoms with E-state index in [-0.39, 0.29) is 18.1 Å². The number of halogens is 3. The molecule has 7 heteroatoms. The number of carbonyl (C=O) groups is 1. The van der Waals surface area contributed by atoms with Crippen LogP contribution >= 0.6 is 0 Å². The molecule has 0 spiro atoms. The van der Waals surface area contributed by atoms with E-state index in [1.54, 1.807) is 6.07 Å². The number of hydrogen-bond donors (Lipinski definition) is 2. The smallest absolute Gasteiger partial charge is 0.406 e. The summed E-state index contributed by atoms with van der Waals surface area (Å²) in [4.78, 5) is 10.5. The largest absolute Gasteiger partial charge is 0.573 e. The Morgan fingerprint density at radius 2 is 2.11 bits per heavy atom. The van der Waals surface area contributed by atoms with Crippen LogP contribution in [0.2, 0.25) is 0 Å². The van der Waals surface area contributed by atoms with E-state index in [4.69, 9.17) is 5.73 Å². The van der Waals surface area contributed by atoms with Gasteiger partial charge in [0.25, 0.3) is 0 Å². The average molecular weight is 276 g/mol. The molecule has 0 aromatic heterocycles. The second-order valence-electron chi connectivity index (χ2n) is 3.94. The second-order valence-corrected chi connectivity index (χ2v) is 3.94. The number of rotatable bonds is 7. The van der Waals surface area contributed by atoms with Crippen LogP contribution in [0.4, 0.5) is 13.2 Å². The summed E-state index contributed by atoms with van der Waals surface area (Å²) in [6.07, 6.45) is -3.81. The van der Waals surface area contributed by atoms with Crippen LogP contribution in [0, 0.1) is 0 Å². The topological polar surface area (TPSA) is 64.4 Å². The number of hydrogen-bond acceptors (Lipinski definition) is 3. The molecule has 106 valence electrons. The molecule has 0 aliphatic rings. The normalized spacial score (nSPS) is 11.3. The van der Waals surface area contributed by atoms with Crippen molar-refractivity contribution in [1.29, 1.82) is 0 Å². The van der Waals surface area contributed by atoms with Crippen LogP contribution in [-0.2, 0) is 11.3 Å². The minimum atomic E-state index is -4.69. The molecule has 0 saturated heterocycles. The van der Waals surface area contributed by atoms with Gasteiger partial charge in [-0.1, -0.05) is 12.1 Å². The molecule has 1 aromatic rings. The first kappa shape index (κ1) is 15.3. The van der Waals surface area contributed by atoms with Crippen LogP contribution in [0.1, 0.15) is 18.4 Å². The summed E-state index contributed by atoms with van der Waals surface area (Å²) >= 11 is 0. The van der Waals surface area contributed by atoms with Crippen molar-refractivity contribution in [3.8, 4) is 5.75 Å². The third-order valence-corrected chi connectivity index (χ3v) is 2.24. The quantitative estimate of drug-likeness (QED) is 0.748. The van der Waals surface area contributed by atoms with E-state index < -0.39 is 6.36 Å². The number of ether oxygens (including phenoxy) is 1. The van der Waals surface area contributed by atoms with Gasteiger partial charge in [0.2, 0.25) is 5.91 Å². The minimum Gasteiger partial charge on any atom is -0.406 e. The Kier molecular flexibility index (Phi) is 5.62.